The molecule has 1 amide bonds. The Morgan fingerprint density at radius 3 is 2.42 bits per heavy atom. The molecule has 0 aliphatic carbocycles. The Labute approximate surface area is 154 Å². The lowest BCUT2D eigenvalue weighted by molar-refractivity contribution is 0.00794. The second-order valence-electron chi connectivity index (χ2n) is 7.22. The van der Waals surface area contributed by atoms with Crippen LogP contribution in [0.3, 0.4) is 0 Å². The highest BCUT2D eigenvalue weighted by Gasteiger charge is 2.38. The fourth-order valence-corrected chi connectivity index (χ4v) is 3.30. The lowest BCUT2D eigenvalue weighted by Gasteiger charge is -2.41. The number of carbonyl (C=O) groups excluding carboxylic acids is 1. The average Bonchev–Trinajstić information content (AvgIpc) is 2.39. The Hall–Kier alpha value is -1.13. The maximum absolute atomic E-state index is 12.1. The minimum Gasteiger partial charge on any atom is -0.496 e. The smallest absolute Gasteiger partial charge is 0.410 e. The number of alkyl halides is 1. The third-order valence-corrected chi connectivity index (χ3v) is 4.75. The highest BCUT2D eigenvalue weighted by Crippen LogP contribution is 2.44. The van der Waals surface area contributed by atoms with Crippen LogP contribution in [-0.4, -0.2) is 36.8 Å². The summed E-state index contributed by atoms with van der Waals surface area (Å²) < 4.78 is 11.0. The van der Waals surface area contributed by atoms with Crippen LogP contribution >= 0.6 is 23.2 Å². The molecule has 0 saturated carbocycles. The number of hydrogen-bond donors (Lipinski definition) is 0. The van der Waals surface area contributed by atoms with Crippen molar-refractivity contribution >= 4 is 29.3 Å². The topological polar surface area (TPSA) is 38.8 Å². The summed E-state index contributed by atoms with van der Waals surface area (Å²) in [4.78, 5) is 13.8. The molecule has 1 heterocycles. The first-order valence-electron chi connectivity index (χ1n) is 8.04. The molecule has 1 aliphatic heterocycles. The van der Waals surface area contributed by atoms with E-state index in [-0.39, 0.29) is 17.4 Å². The molecular weight excluding hydrogens is 349 g/mol. The first-order chi connectivity index (χ1) is 11.0. The Morgan fingerprint density at radius 1 is 1.38 bits per heavy atom. The number of carbonyl (C=O) groups is 1. The lowest BCUT2D eigenvalue weighted by atomic mass is 9.86. The fourth-order valence-electron chi connectivity index (χ4n) is 2.92. The van der Waals surface area contributed by atoms with Crippen molar-refractivity contribution in [2.24, 2.45) is 0 Å². The number of ether oxygens (including phenoxy) is 2. The molecule has 1 saturated heterocycles. The molecule has 4 nitrogen and oxygen atoms in total. The van der Waals surface area contributed by atoms with E-state index in [1.807, 2.05) is 40.7 Å². The molecule has 0 N–H and O–H groups in total. The van der Waals surface area contributed by atoms with Gasteiger partial charge in [-0.15, -0.1) is 11.6 Å². The van der Waals surface area contributed by atoms with Gasteiger partial charge in [0.1, 0.15) is 11.4 Å². The number of methoxy groups -OCH3 is 1. The lowest BCUT2D eigenvalue weighted by Crippen LogP contribution is -2.50. The summed E-state index contributed by atoms with van der Waals surface area (Å²) in [6.07, 6.45) is -0.289. The van der Waals surface area contributed by atoms with Crippen molar-refractivity contribution in [1.82, 2.24) is 4.90 Å². The van der Waals surface area contributed by atoms with Crippen LogP contribution in [0.15, 0.2) is 6.07 Å². The third kappa shape index (κ3) is 3.92. The van der Waals surface area contributed by atoms with Gasteiger partial charge in [-0.3, -0.25) is 0 Å². The van der Waals surface area contributed by atoms with Gasteiger partial charge in [0, 0.05) is 35.2 Å². The molecule has 1 aliphatic rings. The van der Waals surface area contributed by atoms with Crippen molar-refractivity contribution in [2.75, 3.05) is 20.2 Å². The van der Waals surface area contributed by atoms with Gasteiger partial charge in [-0.2, -0.15) is 0 Å². The molecule has 0 spiro atoms. The van der Waals surface area contributed by atoms with Crippen LogP contribution in [0, 0.1) is 6.92 Å². The van der Waals surface area contributed by atoms with E-state index in [0.29, 0.717) is 18.1 Å². The van der Waals surface area contributed by atoms with E-state index in [0.717, 1.165) is 22.4 Å². The van der Waals surface area contributed by atoms with Crippen LogP contribution in [0.1, 0.15) is 55.7 Å². The molecule has 134 valence electrons. The van der Waals surface area contributed by atoms with Gasteiger partial charge in [0.2, 0.25) is 0 Å². The van der Waals surface area contributed by atoms with Crippen molar-refractivity contribution in [2.45, 2.75) is 51.5 Å². The summed E-state index contributed by atoms with van der Waals surface area (Å²) in [5.74, 6) is 0.938. The molecule has 0 radical (unpaired) electrons. The highest BCUT2D eigenvalue weighted by molar-refractivity contribution is 6.31. The second-order valence-corrected chi connectivity index (χ2v) is 8.28. The van der Waals surface area contributed by atoms with E-state index in [9.17, 15) is 4.79 Å². The number of halogens is 2. The summed E-state index contributed by atoms with van der Waals surface area (Å²) in [6.45, 7) is 10.6. The number of benzene rings is 1. The van der Waals surface area contributed by atoms with Gasteiger partial charge < -0.3 is 14.4 Å². The summed E-state index contributed by atoms with van der Waals surface area (Å²) in [5.41, 5.74) is 2.39. The number of hydrogen-bond acceptors (Lipinski definition) is 3. The van der Waals surface area contributed by atoms with Gasteiger partial charge in [0.25, 0.3) is 0 Å². The number of rotatable bonds is 3. The van der Waals surface area contributed by atoms with Crippen molar-refractivity contribution in [1.29, 1.82) is 0 Å². The molecule has 6 heteroatoms. The van der Waals surface area contributed by atoms with Crippen LogP contribution in [0.5, 0.6) is 5.75 Å². The van der Waals surface area contributed by atoms with E-state index >= 15 is 0 Å². The molecule has 0 aromatic heterocycles. The summed E-state index contributed by atoms with van der Waals surface area (Å²) in [6, 6.07) is 1.86. The number of nitrogens with zero attached hydrogens (tertiary/aromatic N) is 1. The summed E-state index contributed by atoms with van der Waals surface area (Å²) in [5, 5.41) is 0.461. The van der Waals surface area contributed by atoms with E-state index in [4.69, 9.17) is 32.7 Å². The molecule has 1 aromatic rings. The zero-order chi connectivity index (χ0) is 18.2. The van der Waals surface area contributed by atoms with Gasteiger partial charge in [0.05, 0.1) is 12.5 Å². The minimum absolute atomic E-state index is 0.167. The van der Waals surface area contributed by atoms with Crippen LogP contribution < -0.4 is 4.74 Å². The van der Waals surface area contributed by atoms with Crippen molar-refractivity contribution in [3.63, 3.8) is 0 Å². The standard InChI is InChI=1S/C18H25Cl2NO3/c1-10-14(20)7-13(11(2)19)16(23-6)15(10)12-8-21(9-12)17(22)24-18(3,4)5/h7,11-12H,8-9H2,1-6H3/t11-/m0/s1. The normalized spacial score (nSPS) is 16.6. The third-order valence-electron chi connectivity index (χ3n) is 4.13. The van der Waals surface area contributed by atoms with Crippen LogP contribution in [0.2, 0.25) is 5.02 Å². The molecule has 24 heavy (non-hydrogen) atoms. The van der Waals surface area contributed by atoms with Crippen molar-refractivity contribution in [3.8, 4) is 5.75 Å². The van der Waals surface area contributed by atoms with E-state index in [1.165, 1.54) is 0 Å². The molecule has 1 fully saturated rings. The quantitative estimate of drug-likeness (QED) is 0.675. The Bertz CT molecular complexity index is 632. The fraction of sp³-hybridized carbons (Fsp3) is 0.611. The van der Waals surface area contributed by atoms with E-state index in [2.05, 4.69) is 0 Å². The first-order valence-corrected chi connectivity index (χ1v) is 8.85. The predicted octanol–water partition coefficient (Wildman–Crippen LogP) is 5.29. The van der Waals surface area contributed by atoms with Gasteiger partial charge in [-0.25, -0.2) is 4.79 Å². The van der Waals surface area contributed by atoms with Crippen LogP contribution in [0.4, 0.5) is 4.79 Å². The van der Waals surface area contributed by atoms with E-state index < -0.39 is 5.60 Å². The van der Waals surface area contributed by atoms with Crippen molar-refractivity contribution < 1.29 is 14.3 Å². The largest absolute Gasteiger partial charge is 0.496 e. The molecule has 2 rings (SSSR count). The SMILES string of the molecule is COc1c([C@H](C)Cl)cc(Cl)c(C)c1C1CN(C(=O)OC(C)(C)C)C1. The Balaban J connectivity index is 2.24. The van der Waals surface area contributed by atoms with Crippen LogP contribution in [0.25, 0.3) is 0 Å². The maximum atomic E-state index is 12.1. The monoisotopic (exact) mass is 373 g/mol. The summed E-state index contributed by atoms with van der Waals surface area (Å²) in [7, 11) is 1.64. The minimum atomic E-state index is -0.493. The summed E-state index contributed by atoms with van der Waals surface area (Å²) >= 11 is 12.7. The van der Waals surface area contributed by atoms with Gasteiger partial charge in [-0.1, -0.05) is 11.6 Å². The average molecular weight is 374 g/mol. The zero-order valence-electron chi connectivity index (χ0n) is 15.1. The van der Waals surface area contributed by atoms with Crippen molar-refractivity contribution in [3.05, 3.63) is 27.8 Å². The number of amides is 1. The zero-order valence-corrected chi connectivity index (χ0v) is 16.6. The number of likely N-dealkylation sites (tertiary alicyclic amines) is 1. The van der Waals surface area contributed by atoms with Crippen LogP contribution in [-0.2, 0) is 4.74 Å². The van der Waals surface area contributed by atoms with Gasteiger partial charge >= 0.3 is 6.09 Å². The molecule has 1 aromatic carbocycles. The molecule has 0 bridgehead atoms. The molecule has 1 atom stereocenters. The Morgan fingerprint density at radius 2 is 1.96 bits per heavy atom. The second kappa shape index (κ2) is 7.01. The molecule has 0 unspecified atom stereocenters. The van der Waals surface area contributed by atoms with Gasteiger partial charge in [0.15, 0.2) is 0 Å². The highest BCUT2D eigenvalue weighted by atomic mass is 35.5. The predicted molar refractivity (Wildman–Crippen MR) is 97.6 cm³/mol. The van der Waals surface area contributed by atoms with E-state index in [1.54, 1.807) is 12.0 Å². The molecular formula is C18H25Cl2NO3. The van der Waals surface area contributed by atoms with Gasteiger partial charge in [-0.05, 0) is 46.2 Å². The maximum Gasteiger partial charge on any atom is 0.410 e. The Kier molecular flexibility index (Phi) is 5.61. The first kappa shape index (κ1) is 19.2.